The zero-order chi connectivity index (χ0) is 17.8. The van der Waals surface area contributed by atoms with Gasteiger partial charge in [0.25, 0.3) is 0 Å². The number of nitrogens with one attached hydrogen (secondary N) is 2. The summed E-state index contributed by atoms with van der Waals surface area (Å²) >= 11 is 0. The van der Waals surface area contributed by atoms with E-state index in [2.05, 4.69) is 20.5 Å². The summed E-state index contributed by atoms with van der Waals surface area (Å²) < 4.78 is 0. The number of amides is 2. The Morgan fingerprint density at radius 2 is 2.12 bits per heavy atom. The predicted octanol–water partition coefficient (Wildman–Crippen LogP) is 3.56. The van der Waals surface area contributed by atoms with Crippen LogP contribution < -0.4 is 5.32 Å². The number of likely N-dealkylation sites (tertiary alicyclic amines) is 1. The van der Waals surface area contributed by atoms with E-state index in [0.717, 1.165) is 54.9 Å². The number of hydrogen-bond donors (Lipinski definition) is 2. The summed E-state index contributed by atoms with van der Waals surface area (Å²) in [6.07, 6.45) is 6.16. The van der Waals surface area contributed by atoms with Crippen molar-refractivity contribution in [2.75, 3.05) is 6.54 Å². The van der Waals surface area contributed by atoms with Crippen LogP contribution in [0.2, 0.25) is 0 Å². The summed E-state index contributed by atoms with van der Waals surface area (Å²) in [6.45, 7) is 7.29. The number of aromatic amines is 1. The Morgan fingerprint density at radius 3 is 2.80 bits per heavy atom. The van der Waals surface area contributed by atoms with Crippen molar-refractivity contribution in [3.63, 3.8) is 0 Å². The molecule has 2 aromatic rings. The van der Waals surface area contributed by atoms with Gasteiger partial charge in [0.1, 0.15) is 0 Å². The maximum absolute atomic E-state index is 12.9. The van der Waals surface area contributed by atoms with Crippen LogP contribution in [0.25, 0.3) is 0 Å². The molecule has 1 fully saturated rings. The molecule has 6 heteroatoms. The molecule has 0 bridgehead atoms. The Kier molecular flexibility index (Phi) is 5.36. The zero-order valence-corrected chi connectivity index (χ0v) is 15.3. The minimum Gasteiger partial charge on any atom is -0.334 e. The molecule has 0 unspecified atom stereocenters. The summed E-state index contributed by atoms with van der Waals surface area (Å²) in [5.41, 5.74) is 5.22. The van der Waals surface area contributed by atoms with Gasteiger partial charge >= 0.3 is 6.03 Å². The van der Waals surface area contributed by atoms with Gasteiger partial charge in [0.05, 0.1) is 11.7 Å². The number of pyridine rings is 1. The maximum Gasteiger partial charge on any atom is 0.318 e. The van der Waals surface area contributed by atoms with Gasteiger partial charge in [-0.1, -0.05) is 18.9 Å². The lowest BCUT2D eigenvalue weighted by Gasteiger charge is -2.30. The van der Waals surface area contributed by atoms with E-state index in [1.807, 2.05) is 44.0 Å². The number of H-pyrrole nitrogens is 1. The average molecular weight is 341 g/mol. The summed E-state index contributed by atoms with van der Waals surface area (Å²) in [5, 5.41) is 10.4. The van der Waals surface area contributed by atoms with Gasteiger partial charge in [0.2, 0.25) is 0 Å². The highest BCUT2D eigenvalue weighted by Gasteiger charge is 2.30. The number of rotatable bonds is 3. The number of carbonyl (C=O) groups is 1. The second-order valence-corrected chi connectivity index (χ2v) is 6.87. The monoisotopic (exact) mass is 341 g/mol. The van der Waals surface area contributed by atoms with E-state index >= 15 is 0 Å². The molecular formula is C19H27N5O. The number of urea groups is 1. The van der Waals surface area contributed by atoms with E-state index in [1.54, 1.807) is 0 Å². The minimum atomic E-state index is -0.00697. The molecular weight excluding hydrogens is 314 g/mol. The number of nitrogens with zero attached hydrogens (tertiary/aromatic N) is 3. The Hall–Kier alpha value is -2.37. The number of hydrogen-bond acceptors (Lipinski definition) is 3. The van der Waals surface area contributed by atoms with Gasteiger partial charge < -0.3 is 10.2 Å². The molecule has 0 aromatic carbocycles. The summed E-state index contributed by atoms with van der Waals surface area (Å²) in [6, 6.07) is 4.06. The summed E-state index contributed by atoms with van der Waals surface area (Å²) in [5.74, 6) is 0. The predicted molar refractivity (Wildman–Crippen MR) is 97.2 cm³/mol. The van der Waals surface area contributed by atoms with Crippen LogP contribution >= 0.6 is 0 Å². The quantitative estimate of drug-likeness (QED) is 0.896. The van der Waals surface area contributed by atoms with Crippen molar-refractivity contribution in [3.8, 4) is 0 Å². The first-order valence-electron chi connectivity index (χ1n) is 9.03. The van der Waals surface area contributed by atoms with Crippen LogP contribution in [0.1, 0.15) is 59.9 Å². The molecule has 0 aliphatic carbocycles. The Morgan fingerprint density at radius 1 is 1.28 bits per heavy atom. The fourth-order valence-electron chi connectivity index (χ4n) is 3.58. The standard InChI is InChI=1S/C19H27N5O/c1-13-8-9-16(11-20-13)12-21-19(25)24-10-6-4-5-7-17(24)18-14(2)22-23-15(18)3/h8-9,11,17H,4-7,10,12H2,1-3H3,(H,21,25)(H,22,23)/t17-/m0/s1. The highest BCUT2D eigenvalue weighted by Crippen LogP contribution is 2.33. The van der Waals surface area contributed by atoms with Gasteiger partial charge in [-0.3, -0.25) is 10.1 Å². The third kappa shape index (κ3) is 4.00. The lowest BCUT2D eigenvalue weighted by Crippen LogP contribution is -2.42. The molecule has 0 radical (unpaired) electrons. The Bertz CT molecular complexity index is 702. The second kappa shape index (κ2) is 7.68. The van der Waals surface area contributed by atoms with E-state index in [4.69, 9.17) is 0 Å². The topological polar surface area (TPSA) is 73.9 Å². The lowest BCUT2D eigenvalue weighted by atomic mass is 9.99. The van der Waals surface area contributed by atoms with Crippen molar-refractivity contribution < 1.29 is 4.79 Å². The number of aryl methyl sites for hydroxylation is 3. The minimum absolute atomic E-state index is 0.00697. The van der Waals surface area contributed by atoms with Gasteiger partial charge in [-0.05, 0) is 45.2 Å². The van der Waals surface area contributed by atoms with Gasteiger partial charge in [-0.15, -0.1) is 0 Å². The molecule has 25 heavy (non-hydrogen) atoms. The van der Waals surface area contributed by atoms with E-state index in [-0.39, 0.29) is 12.1 Å². The van der Waals surface area contributed by atoms with Gasteiger partial charge in [-0.2, -0.15) is 5.10 Å². The van der Waals surface area contributed by atoms with E-state index in [0.29, 0.717) is 6.54 Å². The molecule has 0 spiro atoms. The fraction of sp³-hybridized carbons (Fsp3) is 0.526. The first kappa shape index (κ1) is 17.5. The van der Waals surface area contributed by atoms with Gasteiger partial charge in [0.15, 0.2) is 0 Å². The first-order chi connectivity index (χ1) is 12.1. The van der Waals surface area contributed by atoms with Crippen molar-refractivity contribution in [1.82, 2.24) is 25.4 Å². The van der Waals surface area contributed by atoms with Crippen LogP contribution in [-0.4, -0.2) is 32.7 Å². The van der Waals surface area contributed by atoms with Crippen LogP contribution in [0, 0.1) is 20.8 Å². The van der Waals surface area contributed by atoms with Gasteiger partial charge in [-0.25, -0.2) is 4.79 Å². The maximum atomic E-state index is 12.9. The highest BCUT2D eigenvalue weighted by atomic mass is 16.2. The average Bonchev–Trinajstić information content (AvgIpc) is 2.80. The lowest BCUT2D eigenvalue weighted by molar-refractivity contribution is 0.175. The Labute approximate surface area is 149 Å². The molecule has 6 nitrogen and oxygen atoms in total. The van der Waals surface area contributed by atoms with Crippen molar-refractivity contribution in [2.24, 2.45) is 0 Å². The SMILES string of the molecule is Cc1ccc(CNC(=O)N2CCCCC[C@H]2c2c(C)n[nH]c2C)cn1. The summed E-state index contributed by atoms with van der Waals surface area (Å²) in [7, 11) is 0. The van der Waals surface area contributed by atoms with Crippen LogP contribution in [0.4, 0.5) is 4.79 Å². The molecule has 2 aromatic heterocycles. The normalized spacial score (nSPS) is 18.0. The molecule has 2 N–H and O–H groups in total. The molecule has 1 saturated heterocycles. The first-order valence-corrected chi connectivity index (χ1v) is 9.03. The smallest absolute Gasteiger partial charge is 0.318 e. The molecule has 1 atom stereocenters. The third-order valence-corrected chi connectivity index (χ3v) is 4.95. The van der Waals surface area contributed by atoms with Crippen LogP contribution in [-0.2, 0) is 6.54 Å². The molecule has 3 heterocycles. The van der Waals surface area contributed by atoms with Crippen molar-refractivity contribution in [2.45, 2.75) is 59.0 Å². The number of aromatic nitrogens is 3. The van der Waals surface area contributed by atoms with Crippen molar-refractivity contribution >= 4 is 6.03 Å². The largest absolute Gasteiger partial charge is 0.334 e. The molecule has 3 rings (SSSR count). The van der Waals surface area contributed by atoms with Crippen LogP contribution in [0.5, 0.6) is 0 Å². The van der Waals surface area contributed by atoms with E-state index in [9.17, 15) is 4.79 Å². The highest BCUT2D eigenvalue weighted by molar-refractivity contribution is 5.75. The molecule has 0 saturated carbocycles. The summed E-state index contributed by atoms with van der Waals surface area (Å²) in [4.78, 5) is 19.2. The molecule has 1 aliphatic rings. The van der Waals surface area contributed by atoms with Crippen molar-refractivity contribution in [1.29, 1.82) is 0 Å². The van der Waals surface area contributed by atoms with Crippen LogP contribution in [0.15, 0.2) is 18.3 Å². The fourth-order valence-corrected chi connectivity index (χ4v) is 3.58. The molecule has 1 aliphatic heterocycles. The van der Waals surface area contributed by atoms with E-state index in [1.165, 1.54) is 5.56 Å². The second-order valence-electron chi connectivity index (χ2n) is 6.87. The molecule has 134 valence electrons. The number of carbonyl (C=O) groups excluding carboxylic acids is 1. The van der Waals surface area contributed by atoms with E-state index < -0.39 is 0 Å². The zero-order valence-electron chi connectivity index (χ0n) is 15.3. The van der Waals surface area contributed by atoms with Crippen molar-refractivity contribution in [3.05, 3.63) is 46.5 Å². The van der Waals surface area contributed by atoms with Gasteiger partial charge in [0, 0.05) is 36.2 Å². The van der Waals surface area contributed by atoms with Crippen LogP contribution in [0.3, 0.4) is 0 Å². The third-order valence-electron chi connectivity index (χ3n) is 4.95. The Balaban J connectivity index is 1.74. The molecule has 2 amide bonds.